The van der Waals surface area contributed by atoms with E-state index in [1.54, 1.807) is 18.5 Å². The van der Waals surface area contributed by atoms with Crippen molar-refractivity contribution in [3.05, 3.63) is 29.7 Å². The molecule has 5 nitrogen and oxygen atoms in total. The Morgan fingerprint density at radius 3 is 2.80 bits per heavy atom. The second kappa shape index (κ2) is 4.18. The average Bonchev–Trinajstić information content (AvgIpc) is 2.31. The molecular weight excluding hydrogens is 216 g/mol. The summed E-state index contributed by atoms with van der Waals surface area (Å²) in [5.74, 6) is 0.852. The maximum Gasteiger partial charge on any atom is 0.235 e. The van der Waals surface area contributed by atoms with E-state index in [1.165, 1.54) is 13.3 Å². The van der Waals surface area contributed by atoms with E-state index in [9.17, 15) is 0 Å². The molecule has 76 valence electrons. The van der Waals surface area contributed by atoms with Gasteiger partial charge in [0.2, 0.25) is 5.88 Å². The lowest BCUT2D eigenvalue weighted by molar-refractivity contribution is 0.397. The third kappa shape index (κ3) is 2.02. The normalized spacial score (nSPS) is 10.0. The van der Waals surface area contributed by atoms with Crippen molar-refractivity contribution >= 4 is 11.6 Å². The minimum absolute atomic E-state index is 0.346. The van der Waals surface area contributed by atoms with Gasteiger partial charge in [0, 0.05) is 5.56 Å². The molecule has 0 N–H and O–H groups in total. The Morgan fingerprint density at radius 2 is 2.13 bits per heavy atom. The number of nitrogens with zero attached hydrogens (tertiary/aromatic N) is 4. The molecule has 0 saturated carbocycles. The molecule has 0 aliphatic heterocycles. The lowest BCUT2D eigenvalue weighted by Gasteiger charge is -2.03. The van der Waals surface area contributed by atoms with Gasteiger partial charge in [0.05, 0.1) is 25.7 Å². The van der Waals surface area contributed by atoms with Crippen LogP contribution in [0.4, 0.5) is 0 Å². The summed E-state index contributed by atoms with van der Waals surface area (Å²) in [6, 6.07) is 1.76. The van der Waals surface area contributed by atoms with Gasteiger partial charge in [-0.2, -0.15) is 15.2 Å². The quantitative estimate of drug-likeness (QED) is 0.772. The van der Waals surface area contributed by atoms with Crippen molar-refractivity contribution < 1.29 is 4.74 Å². The summed E-state index contributed by atoms with van der Waals surface area (Å²) in [6.07, 6.45) is 4.63. The Morgan fingerprint density at radius 1 is 1.27 bits per heavy atom. The number of halogens is 1. The van der Waals surface area contributed by atoms with Crippen LogP contribution in [0.15, 0.2) is 24.7 Å². The standard InChI is InChI=1S/C9H7ClN4O/c1-15-9-7(10)5-11-8(14-9)6-2-3-12-13-4-6/h2-5H,1H3. The van der Waals surface area contributed by atoms with E-state index in [1.807, 2.05) is 0 Å². The zero-order valence-corrected chi connectivity index (χ0v) is 8.64. The Labute approximate surface area is 91.1 Å². The maximum atomic E-state index is 5.81. The van der Waals surface area contributed by atoms with Gasteiger partial charge in [-0.25, -0.2) is 4.98 Å². The van der Waals surface area contributed by atoms with Gasteiger partial charge in [-0.3, -0.25) is 0 Å². The molecule has 2 heterocycles. The molecule has 2 rings (SSSR count). The van der Waals surface area contributed by atoms with Gasteiger partial charge in [0.15, 0.2) is 5.82 Å². The first kappa shape index (κ1) is 9.79. The zero-order chi connectivity index (χ0) is 10.7. The third-order valence-electron chi connectivity index (χ3n) is 1.75. The molecule has 0 radical (unpaired) electrons. The summed E-state index contributed by atoms with van der Waals surface area (Å²) in [5.41, 5.74) is 0.764. The summed E-state index contributed by atoms with van der Waals surface area (Å²) in [7, 11) is 1.50. The number of methoxy groups -OCH3 is 1. The van der Waals surface area contributed by atoms with Crippen LogP contribution < -0.4 is 4.74 Å². The van der Waals surface area contributed by atoms with Crippen LogP contribution in [0.5, 0.6) is 5.88 Å². The monoisotopic (exact) mass is 222 g/mol. The molecule has 0 aromatic carbocycles. The van der Waals surface area contributed by atoms with Crippen LogP contribution in [0.2, 0.25) is 5.02 Å². The molecule has 0 unspecified atom stereocenters. The molecule has 0 atom stereocenters. The van der Waals surface area contributed by atoms with Crippen LogP contribution in [0, 0.1) is 0 Å². The third-order valence-corrected chi connectivity index (χ3v) is 2.01. The highest BCUT2D eigenvalue weighted by molar-refractivity contribution is 6.31. The van der Waals surface area contributed by atoms with Crippen molar-refractivity contribution in [3.8, 4) is 17.3 Å². The number of hydrogen-bond acceptors (Lipinski definition) is 5. The average molecular weight is 223 g/mol. The van der Waals surface area contributed by atoms with Gasteiger partial charge in [0.1, 0.15) is 5.02 Å². The molecule has 0 saturated heterocycles. The first-order valence-electron chi connectivity index (χ1n) is 4.15. The van der Waals surface area contributed by atoms with E-state index in [4.69, 9.17) is 16.3 Å². The highest BCUT2D eigenvalue weighted by atomic mass is 35.5. The van der Waals surface area contributed by atoms with Gasteiger partial charge in [-0.1, -0.05) is 11.6 Å². The lowest BCUT2D eigenvalue weighted by atomic mass is 10.3. The van der Waals surface area contributed by atoms with E-state index >= 15 is 0 Å². The molecular formula is C9H7ClN4O. The molecule has 0 fully saturated rings. The van der Waals surface area contributed by atoms with Crippen LogP contribution in [-0.2, 0) is 0 Å². The van der Waals surface area contributed by atoms with Crippen molar-refractivity contribution in [2.75, 3.05) is 7.11 Å². The fourth-order valence-corrected chi connectivity index (χ4v) is 1.22. The molecule has 0 bridgehead atoms. The van der Waals surface area contributed by atoms with Crippen LogP contribution in [0.3, 0.4) is 0 Å². The van der Waals surface area contributed by atoms with Gasteiger partial charge >= 0.3 is 0 Å². The summed E-state index contributed by atoms with van der Waals surface area (Å²) in [5, 5.41) is 7.78. The smallest absolute Gasteiger partial charge is 0.235 e. The topological polar surface area (TPSA) is 60.8 Å². The number of hydrogen-bond donors (Lipinski definition) is 0. The van der Waals surface area contributed by atoms with Crippen molar-refractivity contribution in [2.24, 2.45) is 0 Å². The number of rotatable bonds is 2. The second-order valence-electron chi connectivity index (χ2n) is 2.68. The zero-order valence-electron chi connectivity index (χ0n) is 7.88. The molecule has 2 aromatic heterocycles. The molecule has 6 heteroatoms. The highest BCUT2D eigenvalue weighted by Gasteiger charge is 2.07. The molecule has 0 spiro atoms. The molecule has 15 heavy (non-hydrogen) atoms. The molecule has 0 aliphatic carbocycles. The summed E-state index contributed by atoms with van der Waals surface area (Å²) < 4.78 is 4.99. The Balaban J connectivity index is 2.46. The molecule has 0 aliphatic rings. The fourth-order valence-electron chi connectivity index (χ4n) is 1.06. The summed E-state index contributed by atoms with van der Waals surface area (Å²) in [6.45, 7) is 0. The van der Waals surface area contributed by atoms with E-state index in [-0.39, 0.29) is 0 Å². The lowest BCUT2D eigenvalue weighted by Crippen LogP contribution is -1.94. The number of ether oxygens (including phenoxy) is 1. The van der Waals surface area contributed by atoms with E-state index < -0.39 is 0 Å². The minimum atomic E-state index is 0.346. The van der Waals surface area contributed by atoms with Crippen molar-refractivity contribution in [3.63, 3.8) is 0 Å². The minimum Gasteiger partial charge on any atom is -0.480 e. The molecule has 2 aromatic rings. The van der Waals surface area contributed by atoms with Crippen molar-refractivity contribution in [2.45, 2.75) is 0 Å². The Hall–Kier alpha value is -1.75. The van der Waals surface area contributed by atoms with Crippen LogP contribution in [0.25, 0.3) is 11.4 Å². The van der Waals surface area contributed by atoms with Crippen LogP contribution in [0.1, 0.15) is 0 Å². The Kier molecular flexibility index (Phi) is 2.73. The summed E-state index contributed by atoms with van der Waals surface area (Å²) >= 11 is 5.81. The fraction of sp³-hybridized carbons (Fsp3) is 0.111. The van der Waals surface area contributed by atoms with Crippen molar-refractivity contribution in [1.82, 2.24) is 20.2 Å². The van der Waals surface area contributed by atoms with E-state index in [0.29, 0.717) is 16.7 Å². The molecule has 0 amide bonds. The van der Waals surface area contributed by atoms with E-state index in [0.717, 1.165) is 5.56 Å². The SMILES string of the molecule is COc1nc(-c2ccnnc2)ncc1Cl. The predicted octanol–water partition coefficient (Wildman–Crippen LogP) is 1.60. The summed E-state index contributed by atoms with van der Waals surface area (Å²) in [4.78, 5) is 8.19. The van der Waals surface area contributed by atoms with Gasteiger partial charge < -0.3 is 4.74 Å². The predicted molar refractivity (Wildman–Crippen MR) is 54.6 cm³/mol. The van der Waals surface area contributed by atoms with Crippen LogP contribution in [-0.4, -0.2) is 27.3 Å². The van der Waals surface area contributed by atoms with Crippen molar-refractivity contribution in [1.29, 1.82) is 0 Å². The van der Waals surface area contributed by atoms with Crippen LogP contribution >= 0.6 is 11.6 Å². The second-order valence-corrected chi connectivity index (χ2v) is 3.09. The first-order chi connectivity index (χ1) is 7.31. The Bertz CT molecular complexity index is 463. The van der Waals surface area contributed by atoms with Gasteiger partial charge in [0.25, 0.3) is 0 Å². The maximum absolute atomic E-state index is 5.81. The van der Waals surface area contributed by atoms with Gasteiger partial charge in [-0.15, -0.1) is 0 Å². The highest BCUT2D eigenvalue weighted by Crippen LogP contribution is 2.23. The van der Waals surface area contributed by atoms with Gasteiger partial charge in [-0.05, 0) is 6.07 Å². The number of aromatic nitrogens is 4. The van der Waals surface area contributed by atoms with E-state index in [2.05, 4.69) is 20.2 Å². The largest absolute Gasteiger partial charge is 0.480 e. The first-order valence-corrected chi connectivity index (χ1v) is 4.52.